The van der Waals surface area contributed by atoms with Gasteiger partial charge in [0.05, 0.1) is 0 Å². The van der Waals surface area contributed by atoms with Crippen LogP contribution in [0.5, 0.6) is 0 Å². The second-order valence-corrected chi connectivity index (χ2v) is 5.26. The summed E-state index contributed by atoms with van der Waals surface area (Å²) >= 11 is 0. The molecule has 0 radical (unpaired) electrons. The Morgan fingerprint density at radius 2 is 1.70 bits per heavy atom. The third kappa shape index (κ3) is 2.70. The van der Waals surface area contributed by atoms with Gasteiger partial charge in [0.15, 0.2) is 17.2 Å². The Morgan fingerprint density at radius 1 is 1.04 bits per heavy atom. The molecular weight excluding hydrogens is 290 g/mol. The van der Waals surface area contributed by atoms with E-state index in [0.29, 0.717) is 11.5 Å². The van der Waals surface area contributed by atoms with Crippen LogP contribution in [0.3, 0.4) is 0 Å². The number of hydrogen-bond acceptors (Lipinski definition) is 6. The van der Waals surface area contributed by atoms with Crippen molar-refractivity contribution in [3.05, 3.63) is 17.2 Å². The summed E-state index contributed by atoms with van der Waals surface area (Å²) < 4.78 is 1.72. The summed E-state index contributed by atoms with van der Waals surface area (Å²) in [5.41, 5.74) is 0.880. The van der Waals surface area contributed by atoms with Crippen LogP contribution in [-0.2, 0) is 0 Å². The molecule has 0 N–H and O–H groups in total. The molecule has 2 rings (SSSR count). The number of anilines is 1. The summed E-state index contributed by atoms with van der Waals surface area (Å²) in [5, 5.41) is 27.5. The number of hydrogen-bond donors (Lipinski definition) is 0. The van der Waals surface area contributed by atoms with Crippen molar-refractivity contribution in [2.24, 2.45) is 0 Å². The van der Waals surface area contributed by atoms with Crippen molar-refractivity contribution in [3.63, 3.8) is 0 Å². The maximum Gasteiger partial charge on any atom is 0.205 e. The lowest BCUT2D eigenvalue weighted by Crippen LogP contribution is -2.25. The van der Waals surface area contributed by atoms with Gasteiger partial charge in [0.2, 0.25) is 5.65 Å². The normalized spacial score (nSPS) is 10.7. The zero-order chi connectivity index (χ0) is 17.0. The molecule has 0 amide bonds. The molecule has 0 unspecified atom stereocenters. The Bertz CT molecular complexity index is 770. The first-order valence-corrected chi connectivity index (χ1v) is 8.00. The molecule has 0 saturated heterocycles. The van der Waals surface area contributed by atoms with Crippen LogP contribution in [0.15, 0.2) is 0 Å². The van der Waals surface area contributed by atoms with Crippen LogP contribution in [-0.4, -0.2) is 32.7 Å². The summed E-state index contributed by atoms with van der Waals surface area (Å²) in [6, 6.07) is 4.14. The molecule has 0 aromatic carbocycles. The Morgan fingerprint density at radius 3 is 2.17 bits per heavy atom. The van der Waals surface area contributed by atoms with Gasteiger partial charge < -0.3 is 4.90 Å². The van der Waals surface area contributed by atoms with Crippen LogP contribution in [0.1, 0.15) is 63.7 Å². The van der Waals surface area contributed by atoms with Crippen molar-refractivity contribution in [2.45, 2.75) is 46.5 Å². The van der Waals surface area contributed by atoms with Crippen LogP contribution >= 0.6 is 0 Å². The highest BCUT2D eigenvalue weighted by molar-refractivity contribution is 5.67. The minimum atomic E-state index is 0.119. The molecule has 120 valence electrons. The average Bonchev–Trinajstić information content (AvgIpc) is 3.01. The van der Waals surface area contributed by atoms with Gasteiger partial charge >= 0.3 is 0 Å². The zero-order valence-electron chi connectivity index (χ0n) is 14.0. The second-order valence-electron chi connectivity index (χ2n) is 5.26. The predicted octanol–water partition coefficient (Wildman–Crippen LogP) is 2.62. The molecule has 2 aromatic rings. The van der Waals surface area contributed by atoms with Crippen molar-refractivity contribution in [3.8, 4) is 12.1 Å². The van der Waals surface area contributed by atoms with Crippen LogP contribution in [0.2, 0.25) is 0 Å². The number of nitriles is 2. The van der Waals surface area contributed by atoms with Gasteiger partial charge in [0.1, 0.15) is 18.0 Å². The Kier molecular flexibility index (Phi) is 5.13. The summed E-state index contributed by atoms with van der Waals surface area (Å²) in [5.74, 6) is 1.53. The predicted molar refractivity (Wildman–Crippen MR) is 87.1 cm³/mol. The van der Waals surface area contributed by atoms with Gasteiger partial charge in [-0.25, -0.2) is 4.98 Å². The molecule has 0 bridgehead atoms. The van der Waals surface area contributed by atoms with Crippen molar-refractivity contribution in [2.75, 3.05) is 18.0 Å². The van der Waals surface area contributed by atoms with Gasteiger partial charge in [-0.1, -0.05) is 13.8 Å². The molecule has 0 atom stereocenters. The molecule has 7 heteroatoms. The van der Waals surface area contributed by atoms with Gasteiger partial charge in [-0.15, -0.1) is 10.2 Å². The van der Waals surface area contributed by atoms with E-state index in [0.717, 1.165) is 31.8 Å². The molecule has 2 heterocycles. The van der Waals surface area contributed by atoms with Crippen molar-refractivity contribution < 1.29 is 0 Å². The van der Waals surface area contributed by atoms with E-state index >= 15 is 0 Å². The fourth-order valence-corrected chi connectivity index (χ4v) is 2.81. The fourth-order valence-electron chi connectivity index (χ4n) is 2.81. The number of fused-ring (bicyclic) bond motifs is 1. The highest BCUT2D eigenvalue weighted by Gasteiger charge is 2.24. The standard InChI is InChI=1S/C16H21N7/c1-5-11(6-2)14-20-21-16-15(22(7-3)8-4)19-12(9-17)13(10-18)23(14)16/h11H,5-8H2,1-4H3. The summed E-state index contributed by atoms with van der Waals surface area (Å²) in [6.45, 7) is 9.68. The Labute approximate surface area is 136 Å². The highest BCUT2D eigenvalue weighted by Crippen LogP contribution is 2.27. The summed E-state index contributed by atoms with van der Waals surface area (Å²) in [4.78, 5) is 6.39. The Balaban J connectivity index is 2.88. The maximum absolute atomic E-state index is 9.53. The van der Waals surface area contributed by atoms with Gasteiger partial charge in [0.25, 0.3) is 0 Å². The minimum Gasteiger partial charge on any atom is -0.354 e. The lowest BCUT2D eigenvalue weighted by molar-refractivity contribution is 0.594. The molecular formula is C16H21N7. The monoisotopic (exact) mass is 311 g/mol. The minimum absolute atomic E-state index is 0.119. The van der Waals surface area contributed by atoms with Crippen molar-refractivity contribution in [1.82, 2.24) is 19.6 Å². The van der Waals surface area contributed by atoms with E-state index in [2.05, 4.69) is 35.1 Å². The first kappa shape index (κ1) is 16.7. The van der Waals surface area contributed by atoms with Gasteiger partial charge in [-0.3, -0.25) is 4.40 Å². The van der Waals surface area contributed by atoms with Gasteiger partial charge in [0, 0.05) is 19.0 Å². The molecule has 0 aliphatic carbocycles. The largest absolute Gasteiger partial charge is 0.354 e. The first-order valence-electron chi connectivity index (χ1n) is 8.00. The third-order valence-corrected chi connectivity index (χ3v) is 4.18. The van der Waals surface area contributed by atoms with Crippen molar-refractivity contribution >= 4 is 11.5 Å². The van der Waals surface area contributed by atoms with Crippen LogP contribution < -0.4 is 4.90 Å². The maximum atomic E-state index is 9.53. The third-order valence-electron chi connectivity index (χ3n) is 4.18. The lowest BCUT2D eigenvalue weighted by Gasteiger charge is -2.21. The molecule has 0 fully saturated rings. The molecule has 0 spiro atoms. The molecule has 2 aromatic heterocycles. The molecule has 23 heavy (non-hydrogen) atoms. The van der Waals surface area contributed by atoms with E-state index in [1.165, 1.54) is 0 Å². The van der Waals surface area contributed by atoms with E-state index in [1.54, 1.807) is 4.40 Å². The first-order chi connectivity index (χ1) is 11.2. The van der Waals surface area contributed by atoms with Gasteiger partial charge in [-0.2, -0.15) is 10.5 Å². The van der Waals surface area contributed by atoms with Crippen LogP contribution in [0, 0.1) is 22.7 Å². The van der Waals surface area contributed by atoms with Crippen LogP contribution in [0.25, 0.3) is 5.65 Å². The Hall–Kier alpha value is -2.67. The molecule has 7 nitrogen and oxygen atoms in total. The second kappa shape index (κ2) is 7.06. The average molecular weight is 311 g/mol. The van der Waals surface area contributed by atoms with E-state index in [4.69, 9.17) is 0 Å². The summed E-state index contributed by atoms with van der Waals surface area (Å²) in [6.07, 6.45) is 1.79. The zero-order valence-corrected chi connectivity index (χ0v) is 14.0. The number of aromatic nitrogens is 4. The van der Waals surface area contributed by atoms with E-state index in [-0.39, 0.29) is 17.3 Å². The summed E-state index contributed by atoms with van der Waals surface area (Å²) in [7, 11) is 0. The smallest absolute Gasteiger partial charge is 0.205 e. The SMILES string of the molecule is CCC(CC)c1nnc2c(N(CC)CC)nc(C#N)c(C#N)n12. The quantitative estimate of drug-likeness (QED) is 0.814. The fraction of sp³-hybridized carbons (Fsp3) is 0.562. The number of rotatable bonds is 6. The van der Waals surface area contributed by atoms with Crippen molar-refractivity contribution in [1.29, 1.82) is 10.5 Å². The molecule has 0 aliphatic rings. The topological polar surface area (TPSA) is 93.9 Å². The van der Waals surface area contributed by atoms with E-state index in [1.807, 2.05) is 24.8 Å². The molecule has 0 aliphatic heterocycles. The van der Waals surface area contributed by atoms with E-state index < -0.39 is 0 Å². The van der Waals surface area contributed by atoms with Gasteiger partial charge in [-0.05, 0) is 26.7 Å². The van der Waals surface area contributed by atoms with E-state index in [9.17, 15) is 10.5 Å². The van der Waals surface area contributed by atoms with Crippen LogP contribution in [0.4, 0.5) is 5.82 Å². The number of nitrogens with zero attached hydrogens (tertiary/aromatic N) is 7. The molecule has 0 saturated carbocycles. The lowest BCUT2D eigenvalue weighted by atomic mass is 10.0. The highest BCUT2D eigenvalue weighted by atomic mass is 15.3.